The van der Waals surface area contributed by atoms with E-state index >= 15 is 0 Å². The Bertz CT molecular complexity index is 846. The maximum absolute atomic E-state index is 12.0. The van der Waals surface area contributed by atoms with E-state index in [1.807, 2.05) is 17.5 Å². The van der Waals surface area contributed by atoms with Crippen LogP contribution >= 0.6 is 11.3 Å². The highest BCUT2D eigenvalue weighted by Gasteiger charge is 2.17. The topological polar surface area (TPSA) is 42.0 Å². The molecule has 1 N–H and O–H groups in total. The van der Waals surface area contributed by atoms with Crippen LogP contribution in [0.3, 0.4) is 0 Å². The fourth-order valence-corrected chi connectivity index (χ4v) is 3.19. The van der Waals surface area contributed by atoms with Crippen molar-refractivity contribution in [2.75, 3.05) is 5.32 Å². The van der Waals surface area contributed by atoms with Crippen LogP contribution in [0.2, 0.25) is 0 Å². The van der Waals surface area contributed by atoms with Gasteiger partial charge in [0.2, 0.25) is 5.91 Å². The minimum atomic E-state index is -0.0253. The van der Waals surface area contributed by atoms with E-state index in [2.05, 4.69) is 61.4 Å². The molecule has 2 aromatic carbocycles. The van der Waals surface area contributed by atoms with Crippen molar-refractivity contribution in [1.29, 1.82) is 0 Å². The molecule has 3 aromatic rings. The molecule has 0 saturated carbocycles. The molecule has 0 spiro atoms. The first-order valence-corrected chi connectivity index (χ1v) is 8.53. The molecule has 0 aliphatic heterocycles. The van der Waals surface area contributed by atoms with E-state index in [-0.39, 0.29) is 11.3 Å². The lowest BCUT2D eigenvalue weighted by atomic mass is 9.92. The first-order chi connectivity index (χ1) is 10.9. The van der Waals surface area contributed by atoms with Crippen LogP contribution in [0.4, 0.5) is 5.13 Å². The molecule has 1 heterocycles. The number of hydrogen-bond acceptors (Lipinski definition) is 3. The predicted molar refractivity (Wildman–Crippen MR) is 97.8 cm³/mol. The number of thiazole rings is 1. The average Bonchev–Trinajstić information content (AvgIpc) is 2.93. The van der Waals surface area contributed by atoms with Gasteiger partial charge >= 0.3 is 0 Å². The van der Waals surface area contributed by atoms with E-state index < -0.39 is 0 Å². The molecule has 0 aliphatic rings. The monoisotopic (exact) mass is 324 g/mol. The molecule has 23 heavy (non-hydrogen) atoms. The second-order valence-electron chi connectivity index (χ2n) is 6.89. The van der Waals surface area contributed by atoms with Crippen molar-refractivity contribution < 1.29 is 4.79 Å². The van der Waals surface area contributed by atoms with Gasteiger partial charge in [-0.25, -0.2) is 4.98 Å². The Morgan fingerprint density at radius 3 is 2.61 bits per heavy atom. The van der Waals surface area contributed by atoms with Gasteiger partial charge in [0.05, 0.1) is 5.69 Å². The van der Waals surface area contributed by atoms with Gasteiger partial charge < -0.3 is 5.32 Å². The first kappa shape index (κ1) is 15.7. The molecule has 1 aromatic heterocycles. The molecular weight excluding hydrogens is 304 g/mol. The number of anilines is 1. The fourth-order valence-electron chi connectivity index (χ4n) is 2.46. The maximum Gasteiger partial charge on any atom is 0.226 e. The Balaban J connectivity index is 1.79. The van der Waals surface area contributed by atoms with Gasteiger partial charge in [0.15, 0.2) is 5.13 Å². The second-order valence-corrected chi connectivity index (χ2v) is 7.74. The molecular formula is C19H20N2OS. The van der Waals surface area contributed by atoms with Crippen LogP contribution < -0.4 is 5.32 Å². The summed E-state index contributed by atoms with van der Waals surface area (Å²) in [6, 6.07) is 14.6. The van der Waals surface area contributed by atoms with E-state index in [0.29, 0.717) is 11.6 Å². The highest BCUT2D eigenvalue weighted by Crippen LogP contribution is 2.28. The van der Waals surface area contributed by atoms with Crippen LogP contribution in [-0.4, -0.2) is 10.9 Å². The maximum atomic E-state index is 12.0. The fraction of sp³-hybridized carbons (Fsp3) is 0.263. The van der Waals surface area contributed by atoms with Crippen molar-refractivity contribution in [3.8, 4) is 11.3 Å². The summed E-state index contributed by atoms with van der Waals surface area (Å²) >= 11 is 1.46. The Kier molecular flexibility index (Phi) is 4.18. The van der Waals surface area contributed by atoms with Crippen molar-refractivity contribution in [3.05, 3.63) is 47.8 Å². The van der Waals surface area contributed by atoms with Crippen LogP contribution in [0.1, 0.15) is 27.2 Å². The molecule has 1 amide bonds. The predicted octanol–water partition coefficient (Wildman–Crippen LogP) is 5.34. The van der Waals surface area contributed by atoms with Gasteiger partial charge in [-0.05, 0) is 22.3 Å². The SMILES string of the molecule is CC(C)(C)CC(=O)Nc1nc(-c2ccc3ccccc3c2)cs1. The first-order valence-electron chi connectivity index (χ1n) is 7.65. The van der Waals surface area contributed by atoms with Crippen molar-refractivity contribution >= 4 is 33.1 Å². The molecule has 0 radical (unpaired) electrons. The van der Waals surface area contributed by atoms with Gasteiger partial charge in [-0.1, -0.05) is 57.2 Å². The van der Waals surface area contributed by atoms with Crippen molar-refractivity contribution in [3.63, 3.8) is 0 Å². The summed E-state index contributed by atoms with van der Waals surface area (Å²) in [5.74, 6) is 0.0110. The number of aromatic nitrogens is 1. The number of rotatable bonds is 3. The summed E-state index contributed by atoms with van der Waals surface area (Å²) in [6.07, 6.45) is 0.484. The summed E-state index contributed by atoms with van der Waals surface area (Å²) in [7, 11) is 0. The minimum absolute atomic E-state index is 0.0110. The number of carbonyl (C=O) groups excluding carboxylic acids is 1. The van der Waals surface area contributed by atoms with E-state index in [4.69, 9.17) is 0 Å². The molecule has 0 saturated heterocycles. The highest BCUT2D eigenvalue weighted by atomic mass is 32.1. The third-order valence-corrected chi connectivity index (χ3v) is 4.24. The van der Waals surface area contributed by atoms with Crippen LogP contribution in [0.5, 0.6) is 0 Å². The number of nitrogens with one attached hydrogen (secondary N) is 1. The molecule has 118 valence electrons. The number of nitrogens with zero attached hydrogens (tertiary/aromatic N) is 1. The lowest BCUT2D eigenvalue weighted by molar-refractivity contribution is -0.117. The van der Waals surface area contributed by atoms with E-state index in [1.165, 1.54) is 22.1 Å². The standard InChI is InChI=1S/C19H20N2OS/c1-19(2,3)11-17(22)21-18-20-16(12-23-18)15-9-8-13-6-4-5-7-14(13)10-15/h4-10,12H,11H2,1-3H3,(H,20,21,22). The minimum Gasteiger partial charge on any atom is -0.302 e. The number of fused-ring (bicyclic) bond motifs is 1. The molecule has 0 atom stereocenters. The normalized spacial score (nSPS) is 11.6. The molecule has 0 fully saturated rings. The van der Waals surface area contributed by atoms with E-state index in [1.54, 1.807) is 0 Å². The zero-order valence-corrected chi connectivity index (χ0v) is 14.4. The Morgan fingerprint density at radius 2 is 1.87 bits per heavy atom. The molecule has 3 rings (SSSR count). The van der Waals surface area contributed by atoms with Gasteiger partial charge in [-0.2, -0.15) is 0 Å². The summed E-state index contributed by atoms with van der Waals surface area (Å²) in [5.41, 5.74) is 1.94. The van der Waals surface area contributed by atoms with Crippen molar-refractivity contribution in [2.24, 2.45) is 5.41 Å². The highest BCUT2D eigenvalue weighted by molar-refractivity contribution is 7.14. The van der Waals surface area contributed by atoms with Crippen LogP contribution in [0.25, 0.3) is 22.0 Å². The summed E-state index contributed by atoms with van der Waals surface area (Å²) in [5, 5.41) is 7.94. The number of benzene rings is 2. The number of hydrogen-bond donors (Lipinski definition) is 1. The third kappa shape index (κ3) is 3.96. The summed E-state index contributed by atoms with van der Waals surface area (Å²) in [4.78, 5) is 16.5. The largest absolute Gasteiger partial charge is 0.302 e. The van der Waals surface area contributed by atoms with Gasteiger partial charge in [-0.15, -0.1) is 11.3 Å². The van der Waals surface area contributed by atoms with Crippen molar-refractivity contribution in [1.82, 2.24) is 4.98 Å². The van der Waals surface area contributed by atoms with Crippen LogP contribution in [0.15, 0.2) is 47.8 Å². The molecule has 0 aliphatic carbocycles. The third-order valence-electron chi connectivity index (χ3n) is 3.49. The van der Waals surface area contributed by atoms with Crippen LogP contribution in [0, 0.1) is 5.41 Å². The molecule has 0 bridgehead atoms. The van der Waals surface area contributed by atoms with E-state index in [9.17, 15) is 4.79 Å². The zero-order valence-electron chi connectivity index (χ0n) is 13.6. The number of amides is 1. The van der Waals surface area contributed by atoms with Gasteiger partial charge in [0, 0.05) is 17.4 Å². The quantitative estimate of drug-likeness (QED) is 0.706. The zero-order chi connectivity index (χ0) is 16.4. The molecule has 3 nitrogen and oxygen atoms in total. The van der Waals surface area contributed by atoms with E-state index in [0.717, 1.165) is 11.3 Å². The average molecular weight is 324 g/mol. The van der Waals surface area contributed by atoms with Gasteiger partial charge in [0.25, 0.3) is 0 Å². The lowest BCUT2D eigenvalue weighted by Gasteiger charge is -2.16. The smallest absolute Gasteiger partial charge is 0.226 e. The Morgan fingerprint density at radius 1 is 1.13 bits per heavy atom. The van der Waals surface area contributed by atoms with Gasteiger partial charge in [0.1, 0.15) is 0 Å². The second kappa shape index (κ2) is 6.13. The Hall–Kier alpha value is -2.20. The van der Waals surface area contributed by atoms with Crippen LogP contribution in [-0.2, 0) is 4.79 Å². The summed E-state index contributed by atoms with van der Waals surface area (Å²) in [6.45, 7) is 6.15. The number of carbonyl (C=O) groups is 1. The van der Waals surface area contributed by atoms with Crippen molar-refractivity contribution in [2.45, 2.75) is 27.2 Å². The molecule has 4 heteroatoms. The molecule has 0 unspecified atom stereocenters. The summed E-state index contributed by atoms with van der Waals surface area (Å²) < 4.78 is 0. The lowest BCUT2D eigenvalue weighted by Crippen LogP contribution is -2.19. The Labute approximate surface area is 140 Å². The van der Waals surface area contributed by atoms with Gasteiger partial charge in [-0.3, -0.25) is 4.79 Å².